The van der Waals surface area contributed by atoms with Gasteiger partial charge in [-0.25, -0.2) is 0 Å². The van der Waals surface area contributed by atoms with E-state index in [-0.39, 0.29) is 0 Å². The Morgan fingerprint density at radius 2 is 2.47 bits per heavy atom. The lowest BCUT2D eigenvalue weighted by atomic mass is 9.91. The number of aromatic nitrogens is 2. The number of carboxylic acid groups (broad SMARTS) is 1. The Morgan fingerprint density at radius 1 is 1.71 bits per heavy atom. The summed E-state index contributed by atoms with van der Waals surface area (Å²) in [5.41, 5.74) is 1.21. The van der Waals surface area contributed by atoms with Crippen LogP contribution in [0.15, 0.2) is 6.07 Å². The molecule has 1 aromatic heterocycles. The molecule has 1 fully saturated rings. The van der Waals surface area contributed by atoms with Gasteiger partial charge in [-0.3, -0.25) is 9.48 Å². The van der Waals surface area contributed by atoms with Crippen LogP contribution in [0.4, 0.5) is 0 Å². The van der Waals surface area contributed by atoms with Gasteiger partial charge in [0.2, 0.25) is 0 Å². The number of aliphatic carboxylic acids is 1. The van der Waals surface area contributed by atoms with Crippen molar-refractivity contribution < 1.29 is 9.90 Å². The van der Waals surface area contributed by atoms with E-state index in [1.165, 1.54) is 0 Å². The van der Waals surface area contributed by atoms with Gasteiger partial charge in [-0.2, -0.15) is 5.10 Å². The molecule has 0 bridgehead atoms. The molecule has 1 aliphatic rings. The zero-order valence-electron chi connectivity index (χ0n) is 10.4. The van der Waals surface area contributed by atoms with Crippen LogP contribution in [0.5, 0.6) is 0 Å². The summed E-state index contributed by atoms with van der Waals surface area (Å²) in [6.45, 7) is 2.83. The van der Waals surface area contributed by atoms with Crippen molar-refractivity contribution in [2.24, 2.45) is 7.05 Å². The summed E-state index contributed by atoms with van der Waals surface area (Å²) in [5.74, 6) is -0.755. The molecule has 0 saturated carbocycles. The molecule has 2 heterocycles. The standard InChI is InChI=1S/C12H19N3O2/c1-3-9-7-10(15(2)14-9)8-12(11(16)17)5-4-6-13-12/h7,13H,3-6,8H2,1-2H3,(H,16,17). The van der Waals surface area contributed by atoms with Gasteiger partial charge < -0.3 is 10.4 Å². The van der Waals surface area contributed by atoms with Crippen LogP contribution < -0.4 is 5.32 Å². The number of rotatable bonds is 4. The maximum Gasteiger partial charge on any atom is 0.324 e. The Morgan fingerprint density at radius 3 is 2.94 bits per heavy atom. The molecular weight excluding hydrogens is 218 g/mol. The Labute approximate surface area is 101 Å². The molecule has 0 amide bonds. The number of nitrogens with one attached hydrogen (secondary N) is 1. The smallest absolute Gasteiger partial charge is 0.324 e. The second-order valence-electron chi connectivity index (χ2n) is 4.70. The quantitative estimate of drug-likeness (QED) is 0.810. The minimum atomic E-state index is -0.793. The van der Waals surface area contributed by atoms with Gasteiger partial charge in [0.25, 0.3) is 0 Å². The zero-order chi connectivity index (χ0) is 12.5. The number of nitrogens with zero attached hydrogens (tertiary/aromatic N) is 2. The summed E-state index contributed by atoms with van der Waals surface area (Å²) in [7, 11) is 1.87. The molecule has 17 heavy (non-hydrogen) atoms. The molecule has 0 radical (unpaired) electrons. The highest BCUT2D eigenvalue weighted by Gasteiger charge is 2.41. The molecule has 2 N–H and O–H groups in total. The minimum absolute atomic E-state index is 0.506. The van der Waals surface area contributed by atoms with Crippen LogP contribution in [0.3, 0.4) is 0 Å². The highest BCUT2D eigenvalue weighted by atomic mass is 16.4. The van der Waals surface area contributed by atoms with Crippen LogP contribution in [0, 0.1) is 0 Å². The second-order valence-corrected chi connectivity index (χ2v) is 4.70. The topological polar surface area (TPSA) is 67.2 Å². The van der Waals surface area contributed by atoms with E-state index in [0.29, 0.717) is 12.8 Å². The maximum atomic E-state index is 11.4. The number of hydrogen-bond acceptors (Lipinski definition) is 3. The Hall–Kier alpha value is -1.36. The Bertz CT molecular complexity index is 419. The Kier molecular flexibility index (Phi) is 3.19. The fourth-order valence-corrected chi connectivity index (χ4v) is 2.43. The lowest BCUT2D eigenvalue weighted by Crippen LogP contribution is -2.49. The van der Waals surface area contributed by atoms with Crippen LogP contribution in [-0.4, -0.2) is 32.9 Å². The van der Waals surface area contributed by atoms with Crippen molar-refractivity contribution in [2.75, 3.05) is 6.54 Å². The molecule has 1 aromatic rings. The first-order valence-corrected chi connectivity index (χ1v) is 6.07. The van der Waals surface area contributed by atoms with Crippen molar-refractivity contribution in [3.05, 3.63) is 17.5 Å². The number of hydrogen-bond donors (Lipinski definition) is 2. The van der Waals surface area contributed by atoms with Crippen molar-refractivity contribution in [2.45, 2.75) is 38.1 Å². The van der Waals surface area contributed by atoms with Crippen molar-refractivity contribution >= 4 is 5.97 Å². The fraction of sp³-hybridized carbons (Fsp3) is 0.667. The molecule has 1 unspecified atom stereocenters. The van der Waals surface area contributed by atoms with E-state index in [2.05, 4.69) is 10.4 Å². The zero-order valence-corrected chi connectivity index (χ0v) is 10.4. The molecule has 1 saturated heterocycles. The minimum Gasteiger partial charge on any atom is -0.480 e. The molecule has 1 atom stereocenters. The number of aryl methyl sites for hydroxylation is 2. The third-order valence-electron chi connectivity index (χ3n) is 3.53. The first kappa shape index (κ1) is 12.1. The predicted octanol–water partition coefficient (Wildman–Crippen LogP) is 0.732. The van der Waals surface area contributed by atoms with Crippen molar-refractivity contribution in [3.63, 3.8) is 0 Å². The molecule has 5 nitrogen and oxygen atoms in total. The molecule has 94 valence electrons. The van der Waals surface area contributed by atoms with Gasteiger partial charge >= 0.3 is 5.97 Å². The average Bonchev–Trinajstić information content (AvgIpc) is 2.88. The van der Waals surface area contributed by atoms with E-state index >= 15 is 0 Å². The van der Waals surface area contributed by atoms with E-state index in [9.17, 15) is 9.90 Å². The number of carbonyl (C=O) groups is 1. The van der Waals surface area contributed by atoms with Crippen LogP contribution in [-0.2, 0) is 24.7 Å². The highest BCUT2D eigenvalue weighted by Crippen LogP contribution is 2.24. The first-order valence-electron chi connectivity index (χ1n) is 6.07. The SMILES string of the molecule is CCc1cc(CC2(C(=O)O)CCCN2)n(C)n1. The molecule has 0 aliphatic carbocycles. The van der Waals surface area contributed by atoms with E-state index in [1.807, 2.05) is 20.0 Å². The molecule has 5 heteroatoms. The molecule has 0 aromatic carbocycles. The molecule has 1 aliphatic heterocycles. The lowest BCUT2D eigenvalue weighted by molar-refractivity contribution is -0.144. The number of carboxylic acids is 1. The van der Waals surface area contributed by atoms with Crippen LogP contribution in [0.25, 0.3) is 0 Å². The van der Waals surface area contributed by atoms with Crippen LogP contribution in [0.2, 0.25) is 0 Å². The maximum absolute atomic E-state index is 11.4. The first-order chi connectivity index (χ1) is 8.07. The normalized spacial score (nSPS) is 24.1. The second kappa shape index (κ2) is 4.49. The monoisotopic (exact) mass is 237 g/mol. The molecule has 0 spiro atoms. The lowest BCUT2D eigenvalue weighted by Gasteiger charge is -2.24. The summed E-state index contributed by atoms with van der Waals surface area (Å²) in [6.07, 6.45) is 2.99. The van der Waals surface area contributed by atoms with Crippen LogP contribution in [0.1, 0.15) is 31.2 Å². The third kappa shape index (κ3) is 2.20. The van der Waals surface area contributed by atoms with Gasteiger partial charge in [0.05, 0.1) is 5.69 Å². The Balaban J connectivity index is 2.23. The van der Waals surface area contributed by atoms with Crippen molar-refractivity contribution in [1.82, 2.24) is 15.1 Å². The van der Waals surface area contributed by atoms with Gasteiger partial charge in [0.1, 0.15) is 5.54 Å². The van der Waals surface area contributed by atoms with Gasteiger partial charge in [-0.1, -0.05) is 6.92 Å². The largest absolute Gasteiger partial charge is 0.480 e. The fourth-order valence-electron chi connectivity index (χ4n) is 2.43. The molecular formula is C12H19N3O2. The predicted molar refractivity (Wildman–Crippen MR) is 63.9 cm³/mol. The summed E-state index contributed by atoms with van der Waals surface area (Å²) >= 11 is 0. The van der Waals surface area contributed by atoms with E-state index < -0.39 is 11.5 Å². The summed E-state index contributed by atoms with van der Waals surface area (Å²) in [6, 6.07) is 2.00. The molecule has 2 rings (SSSR count). The summed E-state index contributed by atoms with van der Waals surface area (Å²) in [5, 5.41) is 16.9. The summed E-state index contributed by atoms with van der Waals surface area (Å²) in [4.78, 5) is 11.4. The average molecular weight is 237 g/mol. The van der Waals surface area contributed by atoms with Crippen LogP contribution >= 0.6 is 0 Å². The van der Waals surface area contributed by atoms with Crippen molar-refractivity contribution in [3.8, 4) is 0 Å². The van der Waals surface area contributed by atoms with E-state index in [4.69, 9.17) is 0 Å². The van der Waals surface area contributed by atoms with Crippen molar-refractivity contribution in [1.29, 1.82) is 0 Å². The van der Waals surface area contributed by atoms with E-state index in [1.54, 1.807) is 4.68 Å². The van der Waals surface area contributed by atoms with Gasteiger partial charge in [0.15, 0.2) is 0 Å². The van der Waals surface area contributed by atoms with Gasteiger partial charge in [-0.05, 0) is 31.9 Å². The summed E-state index contributed by atoms with van der Waals surface area (Å²) < 4.78 is 1.80. The van der Waals surface area contributed by atoms with Gasteiger partial charge in [0, 0.05) is 19.2 Å². The van der Waals surface area contributed by atoms with Gasteiger partial charge in [-0.15, -0.1) is 0 Å². The third-order valence-corrected chi connectivity index (χ3v) is 3.53. The van der Waals surface area contributed by atoms with E-state index in [0.717, 1.165) is 30.8 Å². The highest BCUT2D eigenvalue weighted by molar-refractivity contribution is 5.79.